The van der Waals surface area contributed by atoms with Gasteiger partial charge in [-0.3, -0.25) is 9.10 Å². The average Bonchev–Trinajstić information content (AvgIpc) is 2.74. The van der Waals surface area contributed by atoms with Crippen LogP contribution in [-0.4, -0.2) is 28.0 Å². The molecule has 168 valence electrons. The SMILES string of the molecule is COc1ccc(N(CC(=O)Nc2ccc(Cl)cc2C)S(=O)(=O)c2ccc(C)cc2)cc1Cl. The molecule has 32 heavy (non-hydrogen) atoms. The molecule has 3 rings (SSSR count). The molecule has 0 aliphatic heterocycles. The molecule has 0 aliphatic rings. The van der Waals surface area contributed by atoms with E-state index in [0.717, 1.165) is 15.4 Å². The van der Waals surface area contributed by atoms with Gasteiger partial charge in [-0.25, -0.2) is 8.42 Å². The molecule has 0 saturated heterocycles. The van der Waals surface area contributed by atoms with E-state index < -0.39 is 22.5 Å². The molecule has 0 bridgehead atoms. The number of nitrogens with one attached hydrogen (secondary N) is 1. The Morgan fingerprint density at radius 1 is 1.00 bits per heavy atom. The van der Waals surface area contributed by atoms with Crippen molar-refractivity contribution in [3.63, 3.8) is 0 Å². The van der Waals surface area contributed by atoms with Crippen molar-refractivity contribution in [3.05, 3.63) is 81.8 Å². The van der Waals surface area contributed by atoms with Gasteiger partial charge in [-0.1, -0.05) is 40.9 Å². The zero-order chi connectivity index (χ0) is 23.5. The molecule has 0 saturated carbocycles. The van der Waals surface area contributed by atoms with E-state index in [1.54, 1.807) is 43.3 Å². The Kier molecular flexibility index (Phi) is 7.33. The van der Waals surface area contributed by atoms with E-state index in [2.05, 4.69) is 5.32 Å². The van der Waals surface area contributed by atoms with Crippen LogP contribution < -0.4 is 14.4 Å². The fourth-order valence-corrected chi connectivity index (χ4v) is 4.94. The number of amides is 1. The predicted molar refractivity (Wildman–Crippen MR) is 129 cm³/mol. The number of halogens is 2. The molecule has 0 aliphatic carbocycles. The molecule has 9 heteroatoms. The molecule has 0 unspecified atom stereocenters. The van der Waals surface area contributed by atoms with Gasteiger partial charge in [0, 0.05) is 10.7 Å². The van der Waals surface area contributed by atoms with Crippen molar-refractivity contribution < 1.29 is 17.9 Å². The Balaban J connectivity index is 1.99. The van der Waals surface area contributed by atoms with Gasteiger partial charge in [-0.05, 0) is 67.9 Å². The highest BCUT2D eigenvalue weighted by molar-refractivity contribution is 7.92. The minimum atomic E-state index is -4.06. The van der Waals surface area contributed by atoms with Gasteiger partial charge in [-0.2, -0.15) is 0 Å². The Hall–Kier alpha value is -2.74. The van der Waals surface area contributed by atoms with Crippen LogP contribution in [0, 0.1) is 13.8 Å². The molecule has 0 atom stereocenters. The minimum Gasteiger partial charge on any atom is -0.495 e. The lowest BCUT2D eigenvalue weighted by molar-refractivity contribution is -0.114. The summed E-state index contributed by atoms with van der Waals surface area (Å²) >= 11 is 12.2. The summed E-state index contributed by atoms with van der Waals surface area (Å²) in [6.07, 6.45) is 0. The number of benzene rings is 3. The second-order valence-corrected chi connectivity index (χ2v) is 9.86. The first-order valence-electron chi connectivity index (χ1n) is 9.61. The summed E-state index contributed by atoms with van der Waals surface area (Å²) in [6.45, 7) is 3.20. The number of sulfonamides is 1. The summed E-state index contributed by atoms with van der Waals surface area (Å²) in [4.78, 5) is 12.9. The highest BCUT2D eigenvalue weighted by Crippen LogP contribution is 2.32. The number of hydrogen-bond donors (Lipinski definition) is 1. The molecular formula is C23H22Cl2N2O4S. The first kappa shape index (κ1) is 23.9. The summed E-state index contributed by atoms with van der Waals surface area (Å²) in [5.74, 6) is -0.123. The molecule has 6 nitrogen and oxygen atoms in total. The minimum absolute atomic E-state index is 0.0607. The lowest BCUT2D eigenvalue weighted by atomic mass is 10.2. The first-order chi connectivity index (χ1) is 15.1. The average molecular weight is 493 g/mol. The molecule has 3 aromatic carbocycles. The molecule has 0 spiro atoms. The molecule has 1 amide bonds. The van der Waals surface area contributed by atoms with Crippen LogP contribution in [0.3, 0.4) is 0 Å². The molecule has 0 radical (unpaired) electrons. The van der Waals surface area contributed by atoms with Gasteiger partial charge in [0.1, 0.15) is 12.3 Å². The number of nitrogens with zero attached hydrogens (tertiary/aromatic N) is 1. The monoisotopic (exact) mass is 492 g/mol. The van der Waals surface area contributed by atoms with Crippen molar-refractivity contribution in [3.8, 4) is 5.75 Å². The maximum atomic E-state index is 13.5. The Morgan fingerprint density at radius 2 is 1.69 bits per heavy atom. The Morgan fingerprint density at radius 3 is 2.28 bits per heavy atom. The Labute approximate surface area is 197 Å². The number of aryl methyl sites for hydroxylation is 2. The molecule has 1 N–H and O–H groups in total. The van der Waals surface area contributed by atoms with E-state index in [0.29, 0.717) is 16.5 Å². The molecule has 0 aromatic heterocycles. The van der Waals surface area contributed by atoms with E-state index in [-0.39, 0.29) is 15.6 Å². The second kappa shape index (κ2) is 9.81. The van der Waals surface area contributed by atoms with E-state index in [4.69, 9.17) is 27.9 Å². The zero-order valence-electron chi connectivity index (χ0n) is 17.7. The predicted octanol–water partition coefficient (Wildman–Crippen LogP) is 5.45. The number of carbonyl (C=O) groups excluding carboxylic acids is 1. The van der Waals surface area contributed by atoms with Crippen molar-refractivity contribution in [1.29, 1.82) is 0 Å². The van der Waals surface area contributed by atoms with Gasteiger partial charge in [0.2, 0.25) is 5.91 Å². The zero-order valence-corrected chi connectivity index (χ0v) is 20.1. The third-order valence-electron chi connectivity index (χ3n) is 4.78. The second-order valence-electron chi connectivity index (χ2n) is 7.15. The molecule has 3 aromatic rings. The van der Waals surface area contributed by atoms with Crippen LogP contribution in [0.5, 0.6) is 5.75 Å². The lowest BCUT2D eigenvalue weighted by Gasteiger charge is -2.25. The van der Waals surface area contributed by atoms with Gasteiger partial charge >= 0.3 is 0 Å². The lowest BCUT2D eigenvalue weighted by Crippen LogP contribution is -2.38. The first-order valence-corrected chi connectivity index (χ1v) is 11.8. The molecular weight excluding hydrogens is 471 g/mol. The fourth-order valence-electron chi connectivity index (χ4n) is 3.05. The quantitative estimate of drug-likeness (QED) is 0.475. The van der Waals surface area contributed by atoms with Crippen molar-refractivity contribution in [2.75, 3.05) is 23.3 Å². The van der Waals surface area contributed by atoms with Crippen LogP contribution in [0.4, 0.5) is 11.4 Å². The van der Waals surface area contributed by atoms with Crippen LogP contribution >= 0.6 is 23.2 Å². The maximum absolute atomic E-state index is 13.5. The molecule has 0 heterocycles. The van der Waals surface area contributed by atoms with Crippen molar-refractivity contribution in [1.82, 2.24) is 0 Å². The third kappa shape index (κ3) is 5.35. The maximum Gasteiger partial charge on any atom is 0.264 e. The van der Waals surface area contributed by atoms with Crippen LogP contribution in [0.1, 0.15) is 11.1 Å². The Bertz CT molecular complexity index is 1250. The number of ether oxygens (including phenoxy) is 1. The van der Waals surface area contributed by atoms with Crippen LogP contribution in [0.25, 0.3) is 0 Å². The molecule has 0 fully saturated rings. The van der Waals surface area contributed by atoms with Crippen LogP contribution in [0.15, 0.2) is 65.6 Å². The third-order valence-corrected chi connectivity index (χ3v) is 7.10. The number of methoxy groups -OCH3 is 1. The number of anilines is 2. The largest absolute Gasteiger partial charge is 0.495 e. The van der Waals surface area contributed by atoms with Crippen molar-refractivity contribution >= 4 is 50.5 Å². The normalized spacial score (nSPS) is 11.2. The van der Waals surface area contributed by atoms with Gasteiger partial charge in [0.05, 0.1) is 22.7 Å². The number of hydrogen-bond acceptors (Lipinski definition) is 4. The standard InChI is InChI=1S/C23H22Cl2N2O4S/c1-15-4-8-19(9-5-15)32(29,30)27(18-7-11-22(31-3)20(25)13-18)14-23(28)26-21-10-6-17(24)12-16(21)2/h4-13H,14H2,1-3H3,(H,26,28). The van der Waals surface area contributed by atoms with E-state index in [1.807, 2.05) is 6.92 Å². The number of carbonyl (C=O) groups is 1. The highest BCUT2D eigenvalue weighted by atomic mass is 35.5. The summed E-state index contributed by atoms with van der Waals surface area (Å²) in [7, 11) is -2.60. The summed E-state index contributed by atoms with van der Waals surface area (Å²) in [5, 5.41) is 3.51. The van der Waals surface area contributed by atoms with Crippen LogP contribution in [0.2, 0.25) is 10.0 Å². The van der Waals surface area contributed by atoms with E-state index in [1.165, 1.54) is 31.4 Å². The van der Waals surface area contributed by atoms with Crippen molar-refractivity contribution in [2.45, 2.75) is 18.7 Å². The van der Waals surface area contributed by atoms with Crippen molar-refractivity contribution in [2.24, 2.45) is 0 Å². The van der Waals surface area contributed by atoms with Gasteiger partial charge in [0.15, 0.2) is 0 Å². The smallest absolute Gasteiger partial charge is 0.264 e. The van der Waals surface area contributed by atoms with Gasteiger partial charge in [-0.15, -0.1) is 0 Å². The van der Waals surface area contributed by atoms with E-state index >= 15 is 0 Å². The van der Waals surface area contributed by atoms with Crippen LogP contribution in [-0.2, 0) is 14.8 Å². The fraction of sp³-hybridized carbons (Fsp3) is 0.174. The number of rotatable bonds is 7. The highest BCUT2D eigenvalue weighted by Gasteiger charge is 2.28. The summed E-state index contributed by atoms with van der Waals surface area (Å²) in [5.41, 5.74) is 2.45. The van der Waals surface area contributed by atoms with Gasteiger partial charge < -0.3 is 10.1 Å². The summed E-state index contributed by atoms with van der Waals surface area (Å²) in [6, 6.07) is 16.0. The van der Waals surface area contributed by atoms with E-state index in [9.17, 15) is 13.2 Å². The van der Waals surface area contributed by atoms with Gasteiger partial charge in [0.25, 0.3) is 10.0 Å². The summed E-state index contributed by atoms with van der Waals surface area (Å²) < 4.78 is 33.1. The topological polar surface area (TPSA) is 75.7 Å².